The minimum Gasteiger partial charge on any atom is -0.486 e. The molecule has 1 amide bonds. The molecule has 0 spiro atoms. The average Bonchev–Trinajstić information content (AvgIpc) is 2.99. The van der Waals surface area contributed by atoms with E-state index < -0.39 is 17.9 Å². The van der Waals surface area contributed by atoms with Gasteiger partial charge in [0.05, 0.1) is 5.69 Å². The molecule has 6 nitrogen and oxygen atoms in total. The Balaban J connectivity index is 2.05. The third-order valence-corrected chi connectivity index (χ3v) is 5.12. The number of amides is 1. The van der Waals surface area contributed by atoms with E-state index in [9.17, 15) is 19.1 Å². The third-order valence-electron chi connectivity index (χ3n) is 3.99. The Kier molecular flexibility index (Phi) is 6.68. The molecule has 140 valence electrons. The number of halogens is 1. The molecular weight excluding hydrogens is 359 g/mol. The first-order valence-electron chi connectivity index (χ1n) is 8.20. The first-order chi connectivity index (χ1) is 12.3. The zero-order chi connectivity index (χ0) is 19.3. The summed E-state index contributed by atoms with van der Waals surface area (Å²) in [4.78, 5) is 28.5. The number of carbonyl (C=O) groups is 2. The molecule has 2 unspecified atom stereocenters. The molecule has 0 aliphatic heterocycles. The summed E-state index contributed by atoms with van der Waals surface area (Å²) in [6.07, 6.45) is 0.635. The number of ether oxygens (including phenoxy) is 1. The summed E-state index contributed by atoms with van der Waals surface area (Å²) < 4.78 is 18.4. The van der Waals surface area contributed by atoms with Crippen LogP contribution >= 0.6 is 11.3 Å². The Labute approximate surface area is 155 Å². The molecule has 1 heterocycles. The summed E-state index contributed by atoms with van der Waals surface area (Å²) in [6, 6.07) is 4.65. The quantitative estimate of drug-likeness (QED) is 0.733. The van der Waals surface area contributed by atoms with Gasteiger partial charge in [-0.1, -0.05) is 20.3 Å². The van der Waals surface area contributed by atoms with E-state index in [2.05, 4.69) is 10.3 Å². The SMILES string of the molecule is CCC(C)C(NC(=O)c1sc(COc2ccc(F)cc2)nc1C)C(=O)O. The van der Waals surface area contributed by atoms with Gasteiger partial charge in [0, 0.05) is 0 Å². The van der Waals surface area contributed by atoms with Gasteiger partial charge in [-0.05, 0) is 37.1 Å². The molecule has 2 rings (SSSR count). The fourth-order valence-electron chi connectivity index (χ4n) is 2.29. The summed E-state index contributed by atoms with van der Waals surface area (Å²) >= 11 is 1.15. The van der Waals surface area contributed by atoms with Crippen LogP contribution in [-0.2, 0) is 11.4 Å². The van der Waals surface area contributed by atoms with Crippen LogP contribution in [0.4, 0.5) is 4.39 Å². The van der Waals surface area contributed by atoms with Gasteiger partial charge in [0.2, 0.25) is 0 Å². The maximum absolute atomic E-state index is 12.9. The van der Waals surface area contributed by atoms with E-state index in [1.54, 1.807) is 13.8 Å². The Morgan fingerprint density at radius 2 is 2.00 bits per heavy atom. The van der Waals surface area contributed by atoms with E-state index >= 15 is 0 Å². The van der Waals surface area contributed by atoms with Gasteiger partial charge in [-0.25, -0.2) is 14.2 Å². The topological polar surface area (TPSA) is 88.5 Å². The molecule has 0 fully saturated rings. The lowest BCUT2D eigenvalue weighted by molar-refractivity contribution is -0.140. The lowest BCUT2D eigenvalue weighted by Crippen LogP contribution is -2.44. The molecule has 0 aliphatic rings. The van der Waals surface area contributed by atoms with Crippen LogP contribution in [0.1, 0.15) is 40.6 Å². The van der Waals surface area contributed by atoms with Crippen LogP contribution in [-0.4, -0.2) is 28.0 Å². The highest BCUT2D eigenvalue weighted by Crippen LogP contribution is 2.21. The fraction of sp³-hybridized carbons (Fsp3) is 0.389. The van der Waals surface area contributed by atoms with Crippen molar-refractivity contribution in [1.29, 1.82) is 0 Å². The minimum absolute atomic E-state index is 0.137. The summed E-state index contributed by atoms with van der Waals surface area (Å²) in [5.74, 6) is -1.56. The van der Waals surface area contributed by atoms with Gasteiger partial charge in [0.25, 0.3) is 5.91 Å². The second kappa shape index (κ2) is 8.75. The number of aryl methyl sites for hydroxylation is 1. The van der Waals surface area contributed by atoms with Crippen LogP contribution in [0.2, 0.25) is 0 Å². The molecule has 0 saturated carbocycles. The highest BCUT2D eigenvalue weighted by molar-refractivity contribution is 7.13. The number of hydrogen-bond acceptors (Lipinski definition) is 5. The van der Waals surface area contributed by atoms with Crippen molar-refractivity contribution in [3.05, 3.63) is 45.7 Å². The summed E-state index contributed by atoms with van der Waals surface area (Å²) in [6.45, 7) is 5.47. The molecular formula is C18H21FN2O4S. The lowest BCUT2D eigenvalue weighted by Gasteiger charge is -2.19. The van der Waals surface area contributed by atoms with Crippen molar-refractivity contribution in [2.45, 2.75) is 39.8 Å². The van der Waals surface area contributed by atoms with E-state index in [1.807, 2.05) is 6.92 Å². The van der Waals surface area contributed by atoms with Crippen LogP contribution in [0.3, 0.4) is 0 Å². The Bertz CT molecular complexity index is 776. The molecule has 0 saturated heterocycles. The number of carbonyl (C=O) groups excluding carboxylic acids is 1. The number of hydrogen-bond donors (Lipinski definition) is 2. The largest absolute Gasteiger partial charge is 0.486 e. The Hall–Kier alpha value is -2.48. The molecule has 2 aromatic rings. The molecule has 26 heavy (non-hydrogen) atoms. The zero-order valence-corrected chi connectivity index (χ0v) is 15.6. The molecule has 0 bridgehead atoms. The fourth-order valence-corrected chi connectivity index (χ4v) is 3.17. The molecule has 0 radical (unpaired) electrons. The lowest BCUT2D eigenvalue weighted by atomic mass is 9.99. The highest BCUT2D eigenvalue weighted by Gasteiger charge is 2.27. The van der Waals surface area contributed by atoms with E-state index in [4.69, 9.17) is 4.74 Å². The standard InChI is InChI=1S/C18H21FN2O4S/c1-4-10(2)15(18(23)24)21-17(22)16-11(3)20-14(26-16)9-25-13-7-5-12(19)6-8-13/h5-8,10,15H,4,9H2,1-3H3,(H,21,22)(H,23,24). The van der Waals surface area contributed by atoms with Crippen molar-refractivity contribution in [3.63, 3.8) is 0 Å². The predicted molar refractivity (Wildman–Crippen MR) is 95.9 cm³/mol. The predicted octanol–water partition coefficient (Wildman–Crippen LogP) is 3.40. The number of nitrogens with zero attached hydrogens (tertiary/aromatic N) is 1. The molecule has 0 aliphatic carbocycles. The highest BCUT2D eigenvalue weighted by atomic mass is 32.1. The van der Waals surface area contributed by atoms with Crippen molar-refractivity contribution in [3.8, 4) is 5.75 Å². The van der Waals surface area contributed by atoms with Gasteiger partial charge >= 0.3 is 5.97 Å². The summed E-state index contributed by atoms with van der Waals surface area (Å²) in [5, 5.41) is 12.4. The van der Waals surface area contributed by atoms with Gasteiger partial charge in [-0.2, -0.15) is 0 Å². The first-order valence-corrected chi connectivity index (χ1v) is 9.01. The second-order valence-corrected chi connectivity index (χ2v) is 7.02. The van der Waals surface area contributed by atoms with Crippen LogP contribution in [0.15, 0.2) is 24.3 Å². The smallest absolute Gasteiger partial charge is 0.326 e. The van der Waals surface area contributed by atoms with Crippen molar-refractivity contribution in [2.24, 2.45) is 5.92 Å². The van der Waals surface area contributed by atoms with Gasteiger partial charge < -0.3 is 15.2 Å². The maximum atomic E-state index is 12.9. The van der Waals surface area contributed by atoms with E-state index in [-0.39, 0.29) is 18.3 Å². The van der Waals surface area contributed by atoms with Gasteiger partial charge in [-0.15, -0.1) is 11.3 Å². The van der Waals surface area contributed by atoms with Crippen LogP contribution in [0, 0.1) is 18.7 Å². The Morgan fingerprint density at radius 3 is 2.58 bits per heavy atom. The molecule has 1 aromatic heterocycles. The second-order valence-electron chi connectivity index (χ2n) is 5.94. The van der Waals surface area contributed by atoms with Crippen molar-refractivity contribution in [1.82, 2.24) is 10.3 Å². The molecule has 2 N–H and O–H groups in total. The van der Waals surface area contributed by atoms with Gasteiger partial charge in [0.15, 0.2) is 0 Å². The Morgan fingerprint density at radius 1 is 1.35 bits per heavy atom. The molecule has 8 heteroatoms. The normalized spacial score (nSPS) is 13.1. The molecule has 2 atom stereocenters. The molecule has 1 aromatic carbocycles. The van der Waals surface area contributed by atoms with Crippen LogP contribution in [0.5, 0.6) is 5.75 Å². The average molecular weight is 380 g/mol. The van der Waals surface area contributed by atoms with E-state index in [0.29, 0.717) is 27.7 Å². The minimum atomic E-state index is -1.06. The first kappa shape index (κ1) is 19.8. The van der Waals surface area contributed by atoms with Crippen molar-refractivity contribution in [2.75, 3.05) is 0 Å². The maximum Gasteiger partial charge on any atom is 0.326 e. The number of aliphatic carboxylic acids is 1. The zero-order valence-electron chi connectivity index (χ0n) is 14.8. The summed E-state index contributed by atoms with van der Waals surface area (Å²) in [5.41, 5.74) is 0.512. The van der Waals surface area contributed by atoms with Gasteiger partial charge in [0.1, 0.15) is 34.1 Å². The van der Waals surface area contributed by atoms with E-state index in [1.165, 1.54) is 24.3 Å². The number of benzene rings is 1. The number of carboxylic acid groups (broad SMARTS) is 1. The number of carboxylic acids is 1. The van der Waals surface area contributed by atoms with Crippen LogP contribution < -0.4 is 10.1 Å². The summed E-state index contributed by atoms with van der Waals surface area (Å²) in [7, 11) is 0. The number of thiazole rings is 1. The third kappa shape index (κ3) is 5.01. The van der Waals surface area contributed by atoms with Crippen molar-refractivity contribution >= 4 is 23.2 Å². The monoisotopic (exact) mass is 380 g/mol. The van der Waals surface area contributed by atoms with E-state index in [0.717, 1.165) is 11.3 Å². The number of aromatic nitrogens is 1. The number of rotatable bonds is 8. The number of nitrogens with one attached hydrogen (secondary N) is 1. The van der Waals surface area contributed by atoms with Crippen LogP contribution in [0.25, 0.3) is 0 Å². The van der Waals surface area contributed by atoms with Gasteiger partial charge in [-0.3, -0.25) is 4.79 Å². The van der Waals surface area contributed by atoms with Crippen molar-refractivity contribution < 1.29 is 23.8 Å².